The molecule has 0 saturated carbocycles. The Bertz CT molecular complexity index is 388. The molecule has 0 aliphatic rings. The molecule has 0 fully saturated rings. The van der Waals surface area contributed by atoms with Crippen LogP contribution in [0.25, 0.3) is 0 Å². The van der Waals surface area contributed by atoms with Crippen molar-refractivity contribution in [1.29, 1.82) is 0 Å². The molecule has 1 aromatic rings. The quantitative estimate of drug-likeness (QED) is 0.378. The van der Waals surface area contributed by atoms with Gasteiger partial charge in [0.05, 0.1) is 0 Å². The summed E-state index contributed by atoms with van der Waals surface area (Å²) in [5.74, 6) is 0. The predicted octanol–water partition coefficient (Wildman–Crippen LogP) is 5.23. The van der Waals surface area contributed by atoms with E-state index < -0.39 is 12.2 Å². The van der Waals surface area contributed by atoms with Gasteiger partial charge in [0.15, 0.2) is 0 Å². The van der Waals surface area contributed by atoms with E-state index in [0.717, 1.165) is 12.8 Å². The van der Waals surface area contributed by atoms with Crippen molar-refractivity contribution >= 4 is 5.69 Å². The maximum Gasteiger partial charge on any atom is 0.475 e. The molecule has 0 saturated heterocycles. The third-order valence-electron chi connectivity index (χ3n) is 2.98. The maximum atomic E-state index is 13.6. The highest BCUT2D eigenvalue weighted by Gasteiger charge is 2.61. The number of hydrogen-bond donors (Lipinski definition) is 0. The van der Waals surface area contributed by atoms with E-state index in [1.54, 1.807) is 6.07 Å². The van der Waals surface area contributed by atoms with Crippen LogP contribution in [0.2, 0.25) is 0 Å². The maximum absolute atomic E-state index is 13.6. The van der Waals surface area contributed by atoms with E-state index in [0.29, 0.717) is 12.8 Å². The first-order chi connectivity index (χ1) is 9.30. The second-order valence-electron chi connectivity index (χ2n) is 4.59. The van der Waals surface area contributed by atoms with Crippen LogP contribution in [0.5, 0.6) is 0 Å². The Morgan fingerprint density at radius 1 is 0.900 bits per heavy atom. The van der Waals surface area contributed by atoms with E-state index in [1.807, 2.05) is 6.92 Å². The number of alkyl halides is 5. The second-order valence-corrected chi connectivity index (χ2v) is 4.59. The van der Waals surface area contributed by atoms with Crippen LogP contribution in [0, 0.1) is 0 Å². The van der Waals surface area contributed by atoms with Crippen LogP contribution in [-0.2, 0) is 0 Å². The van der Waals surface area contributed by atoms with E-state index in [4.69, 9.17) is 0 Å². The lowest BCUT2D eigenvalue weighted by atomic mass is 10.2. The summed E-state index contributed by atoms with van der Waals surface area (Å²) < 4.78 is 64.8. The van der Waals surface area contributed by atoms with Crippen molar-refractivity contribution in [3.05, 3.63) is 30.3 Å². The minimum Gasteiger partial charge on any atom is -0.306 e. The number of anilines is 1. The lowest BCUT2D eigenvalue weighted by Crippen LogP contribution is -2.53. The summed E-state index contributed by atoms with van der Waals surface area (Å²) in [4.78, 5) is 0.142. The zero-order valence-electron chi connectivity index (χ0n) is 11.3. The molecule has 1 nitrogen and oxygen atoms in total. The zero-order valence-corrected chi connectivity index (χ0v) is 11.3. The molecule has 0 amide bonds. The monoisotopic (exact) mass is 295 g/mol. The molecule has 114 valence electrons. The SMILES string of the molecule is CCCCCCN(c1ccccc1)C(F)(F)C(F)(F)F. The van der Waals surface area contributed by atoms with Crippen LogP contribution in [0.15, 0.2) is 30.3 Å². The number of para-hydroxylation sites is 1. The fraction of sp³-hybridized carbons (Fsp3) is 0.571. The summed E-state index contributed by atoms with van der Waals surface area (Å²) in [7, 11) is 0. The van der Waals surface area contributed by atoms with Crippen molar-refractivity contribution < 1.29 is 22.0 Å². The van der Waals surface area contributed by atoms with Crippen molar-refractivity contribution in [2.45, 2.75) is 44.8 Å². The van der Waals surface area contributed by atoms with E-state index >= 15 is 0 Å². The van der Waals surface area contributed by atoms with Gasteiger partial charge in [-0.1, -0.05) is 44.4 Å². The standard InChI is InChI=1S/C14H18F5N/c1-2-3-4-8-11-20(12-9-6-5-7-10-12)14(18,19)13(15,16)17/h5-7,9-10H,2-4,8,11H2,1H3. The summed E-state index contributed by atoms with van der Waals surface area (Å²) in [6, 6.07) is 2.13. The molecule has 0 heterocycles. The van der Waals surface area contributed by atoms with Crippen LogP contribution in [0.1, 0.15) is 32.6 Å². The Morgan fingerprint density at radius 3 is 2.00 bits per heavy atom. The lowest BCUT2D eigenvalue weighted by molar-refractivity contribution is -0.281. The first kappa shape index (κ1) is 16.7. The number of halogens is 5. The van der Waals surface area contributed by atoms with Gasteiger partial charge < -0.3 is 4.90 Å². The third-order valence-corrected chi connectivity index (χ3v) is 2.98. The van der Waals surface area contributed by atoms with Gasteiger partial charge >= 0.3 is 12.2 Å². The molecule has 1 aromatic carbocycles. The van der Waals surface area contributed by atoms with Gasteiger partial charge in [-0.2, -0.15) is 22.0 Å². The summed E-state index contributed by atoms with van der Waals surface area (Å²) in [6.45, 7) is 1.62. The minimum absolute atomic E-state index is 0.119. The van der Waals surface area contributed by atoms with Crippen molar-refractivity contribution in [2.24, 2.45) is 0 Å². The summed E-state index contributed by atoms with van der Waals surface area (Å²) in [5, 5.41) is 0. The average molecular weight is 295 g/mol. The zero-order chi connectivity index (χ0) is 15.2. The molecule has 0 spiro atoms. The van der Waals surface area contributed by atoms with Gasteiger partial charge in [0.1, 0.15) is 0 Å². The first-order valence-electron chi connectivity index (χ1n) is 6.58. The predicted molar refractivity (Wildman–Crippen MR) is 68.9 cm³/mol. The smallest absolute Gasteiger partial charge is 0.306 e. The van der Waals surface area contributed by atoms with Gasteiger partial charge in [0, 0.05) is 12.2 Å². The molecule has 0 aliphatic heterocycles. The Morgan fingerprint density at radius 2 is 1.50 bits per heavy atom. The lowest BCUT2D eigenvalue weighted by Gasteiger charge is -2.34. The van der Waals surface area contributed by atoms with Crippen molar-refractivity contribution in [3.8, 4) is 0 Å². The molecule has 0 atom stereocenters. The van der Waals surface area contributed by atoms with Gasteiger partial charge in [0.2, 0.25) is 0 Å². The normalized spacial score (nSPS) is 12.5. The number of hydrogen-bond acceptors (Lipinski definition) is 1. The summed E-state index contributed by atoms with van der Waals surface area (Å²) >= 11 is 0. The first-order valence-corrected chi connectivity index (χ1v) is 6.58. The molecule has 1 rings (SSSR count). The third kappa shape index (κ3) is 4.08. The molecule has 0 radical (unpaired) electrons. The number of rotatable bonds is 7. The molecule has 0 N–H and O–H groups in total. The molecule has 6 heteroatoms. The van der Waals surface area contributed by atoms with Gasteiger partial charge in [-0.25, -0.2) is 0 Å². The van der Waals surface area contributed by atoms with E-state index in [9.17, 15) is 22.0 Å². The highest BCUT2D eigenvalue weighted by atomic mass is 19.4. The molecular formula is C14H18F5N. The molecule has 0 aliphatic carbocycles. The van der Waals surface area contributed by atoms with E-state index in [1.165, 1.54) is 24.3 Å². The Labute approximate surface area is 115 Å². The molecule has 0 aromatic heterocycles. The minimum atomic E-state index is -5.59. The number of nitrogens with zero attached hydrogens (tertiary/aromatic N) is 1. The van der Waals surface area contributed by atoms with E-state index in [-0.39, 0.29) is 17.1 Å². The Kier molecular flexibility index (Phi) is 5.77. The highest BCUT2D eigenvalue weighted by Crippen LogP contribution is 2.40. The second kappa shape index (κ2) is 6.90. The van der Waals surface area contributed by atoms with Crippen LogP contribution >= 0.6 is 0 Å². The topological polar surface area (TPSA) is 3.24 Å². The van der Waals surface area contributed by atoms with Crippen LogP contribution < -0.4 is 4.90 Å². The summed E-state index contributed by atoms with van der Waals surface area (Å²) in [6.07, 6.45) is -2.95. The number of benzene rings is 1. The van der Waals surface area contributed by atoms with Crippen molar-refractivity contribution in [3.63, 3.8) is 0 Å². The molecule has 0 unspecified atom stereocenters. The van der Waals surface area contributed by atoms with Gasteiger partial charge in [-0.05, 0) is 18.6 Å². The van der Waals surface area contributed by atoms with Crippen LogP contribution in [0.3, 0.4) is 0 Å². The largest absolute Gasteiger partial charge is 0.475 e. The summed E-state index contributed by atoms with van der Waals surface area (Å²) in [5.41, 5.74) is -0.119. The average Bonchev–Trinajstić information content (AvgIpc) is 2.38. The molecular weight excluding hydrogens is 277 g/mol. The molecule has 20 heavy (non-hydrogen) atoms. The van der Waals surface area contributed by atoms with Crippen LogP contribution in [-0.4, -0.2) is 18.8 Å². The fourth-order valence-corrected chi connectivity index (χ4v) is 1.89. The van der Waals surface area contributed by atoms with Gasteiger partial charge in [0.25, 0.3) is 0 Å². The van der Waals surface area contributed by atoms with Crippen molar-refractivity contribution in [2.75, 3.05) is 11.4 Å². The fourth-order valence-electron chi connectivity index (χ4n) is 1.89. The Hall–Kier alpha value is -1.33. The van der Waals surface area contributed by atoms with Crippen LogP contribution in [0.4, 0.5) is 27.6 Å². The highest BCUT2D eigenvalue weighted by molar-refractivity contribution is 5.47. The molecule has 0 bridgehead atoms. The van der Waals surface area contributed by atoms with Gasteiger partial charge in [-0.3, -0.25) is 0 Å². The van der Waals surface area contributed by atoms with E-state index in [2.05, 4.69) is 0 Å². The number of unbranched alkanes of at least 4 members (excludes halogenated alkanes) is 3. The van der Waals surface area contributed by atoms with Gasteiger partial charge in [-0.15, -0.1) is 0 Å². The Balaban J connectivity index is 2.91. The van der Waals surface area contributed by atoms with Crippen molar-refractivity contribution in [1.82, 2.24) is 0 Å².